The van der Waals surface area contributed by atoms with Crippen LogP contribution in [0.2, 0.25) is 0 Å². The van der Waals surface area contributed by atoms with Gasteiger partial charge in [-0.2, -0.15) is 0 Å². The molecule has 0 saturated heterocycles. The molecule has 0 amide bonds. The van der Waals surface area contributed by atoms with E-state index in [9.17, 15) is 5.11 Å². The summed E-state index contributed by atoms with van der Waals surface area (Å²) in [7, 11) is 0. The summed E-state index contributed by atoms with van der Waals surface area (Å²) in [6.45, 7) is 0. The summed E-state index contributed by atoms with van der Waals surface area (Å²) in [6.07, 6.45) is 1.66. The van der Waals surface area contributed by atoms with Gasteiger partial charge in [0.15, 0.2) is 5.58 Å². The number of aromatic hydroxyl groups is 1. The van der Waals surface area contributed by atoms with Gasteiger partial charge in [-0.15, -0.1) is 0 Å². The van der Waals surface area contributed by atoms with Crippen LogP contribution in [0.25, 0.3) is 22.6 Å². The molecule has 4 aromatic rings. The molecule has 0 aliphatic rings. The highest BCUT2D eigenvalue weighted by molar-refractivity contribution is 14.1. The van der Waals surface area contributed by atoms with Gasteiger partial charge in [0.2, 0.25) is 5.89 Å². The maximum Gasteiger partial charge on any atom is 0.227 e. The van der Waals surface area contributed by atoms with Crippen molar-refractivity contribution in [3.05, 3.63) is 71.8 Å². The molecular weight excluding hydrogens is 634 g/mol. The number of phenols is 1. The van der Waals surface area contributed by atoms with Crippen LogP contribution in [0.1, 0.15) is 5.56 Å². The maximum atomic E-state index is 10.2. The Bertz CT molecular complexity index is 1170. The van der Waals surface area contributed by atoms with Crippen LogP contribution in [0.15, 0.2) is 68.5 Å². The van der Waals surface area contributed by atoms with Crippen molar-refractivity contribution in [3.8, 4) is 17.2 Å². The molecule has 0 aliphatic heterocycles. The van der Waals surface area contributed by atoms with Gasteiger partial charge in [-0.25, -0.2) is 4.98 Å². The molecule has 27 heavy (non-hydrogen) atoms. The minimum atomic E-state index is 0.236. The molecule has 0 fully saturated rings. The summed E-state index contributed by atoms with van der Waals surface area (Å²) in [5.41, 5.74) is 3.79. The SMILES string of the molecule is Oc1c(I)cc(I)cc1C=Nc1ccc2oc(-c3ccc(Br)cc3)nc2c1. The largest absolute Gasteiger partial charge is 0.506 e. The lowest BCUT2D eigenvalue weighted by molar-refractivity contribution is 0.470. The van der Waals surface area contributed by atoms with Crippen LogP contribution in [0, 0.1) is 7.14 Å². The first-order valence-corrected chi connectivity index (χ1v) is 10.8. The van der Waals surface area contributed by atoms with E-state index in [0.29, 0.717) is 17.0 Å². The molecule has 1 aromatic heterocycles. The van der Waals surface area contributed by atoms with E-state index in [4.69, 9.17) is 4.42 Å². The van der Waals surface area contributed by atoms with E-state index in [1.165, 1.54) is 0 Å². The lowest BCUT2D eigenvalue weighted by Crippen LogP contribution is -1.87. The van der Waals surface area contributed by atoms with Crippen molar-refractivity contribution in [1.82, 2.24) is 4.98 Å². The van der Waals surface area contributed by atoms with E-state index in [0.717, 1.165) is 28.4 Å². The molecule has 4 nitrogen and oxygen atoms in total. The molecule has 4 rings (SSSR count). The number of phenolic OH excluding ortho intramolecular Hbond substituents is 1. The topological polar surface area (TPSA) is 58.6 Å². The van der Waals surface area contributed by atoms with Gasteiger partial charge in [0.1, 0.15) is 11.3 Å². The van der Waals surface area contributed by atoms with Gasteiger partial charge in [-0.3, -0.25) is 4.99 Å². The molecule has 0 spiro atoms. The van der Waals surface area contributed by atoms with Gasteiger partial charge in [0, 0.05) is 25.4 Å². The Kier molecular flexibility index (Phi) is 5.51. The molecular formula is C20H11BrI2N2O2. The van der Waals surface area contributed by atoms with E-state index in [-0.39, 0.29) is 5.75 Å². The van der Waals surface area contributed by atoms with E-state index < -0.39 is 0 Å². The van der Waals surface area contributed by atoms with E-state index in [2.05, 4.69) is 71.1 Å². The summed E-state index contributed by atoms with van der Waals surface area (Å²) >= 11 is 7.76. The summed E-state index contributed by atoms with van der Waals surface area (Å²) in [6, 6.07) is 17.2. The van der Waals surface area contributed by atoms with Crippen LogP contribution in [0.4, 0.5) is 5.69 Å². The molecule has 0 bridgehead atoms. The number of aromatic nitrogens is 1. The minimum Gasteiger partial charge on any atom is -0.506 e. The van der Waals surface area contributed by atoms with Gasteiger partial charge in [0.05, 0.1) is 9.26 Å². The first-order chi connectivity index (χ1) is 13.0. The zero-order valence-electron chi connectivity index (χ0n) is 13.7. The normalized spacial score (nSPS) is 11.5. The van der Waals surface area contributed by atoms with Crippen molar-refractivity contribution >= 4 is 84.1 Å². The standard InChI is InChI=1S/C20H11BrI2N2O2/c21-13-3-1-11(2-4-13)20-25-17-9-15(5-6-18(17)27-20)24-10-12-7-14(22)8-16(23)19(12)26/h1-10,26H. The molecule has 1 heterocycles. The highest BCUT2D eigenvalue weighted by Crippen LogP contribution is 2.29. The number of aliphatic imine (C=N–C) groups is 1. The summed E-state index contributed by atoms with van der Waals surface area (Å²) in [5, 5.41) is 10.2. The Balaban J connectivity index is 1.67. The highest BCUT2D eigenvalue weighted by atomic mass is 127. The van der Waals surface area contributed by atoms with Crippen molar-refractivity contribution in [2.24, 2.45) is 4.99 Å². The Morgan fingerprint density at radius 3 is 2.59 bits per heavy atom. The molecule has 3 aromatic carbocycles. The Morgan fingerprint density at radius 1 is 1.04 bits per heavy atom. The number of fused-ring (bicyclic) bond motifs is 1. The highest BCUT2D eigenvalue weighted by Gasteiger charge is 2.09. The van der Waals surface area contributed by atoms with Crippen LogP contribution in [0.5, 0.6) is 5.75 Å². The Morgan fingerprint density at radius 2 is 1.81 bits per heavy atom. The monoisotopic (exact) mass is 644 g/mol. The predicted octanol–water partition coefficient (Wildman–Crippen LogP) is 6.92. The number of benzene rings is 3. The van der Waals surface area contributed by atoms with Crippen molar-refractivity contribution in [2.75, 3.05) is 0 Å². The molecule has 0 unspecified atom stereocenters. The lowest BCUT2D eigenvalue weighted by atomic mass is 10.2. The lowest BCUT2D eigenvalue weighted by Gasteiger charge is -2.02. The third kappa shape index (κ3) is 4.19. The predicted molar refractivity (Wildman–Crippen MR) is 128 cm³/mol. The molecule has 0 atom stereocenters. The molecule has 0 radical (unpaired) electrons. The molecule has 134 valence electrons. The third-order valence-corrected chi connectivity index (χ3v) is 5.85. The number of hydrogen-bond donors (Lipinski definition) is 1. The first kappa shape index (κ1) is 18.9. The van der Waals surface area contributed by atoms with Crippen molar-refractivity contribution < 1.29 is 9.52 Å². The fraction of sp³-hybridized carbons (Fsp3) is 0. The van der Waals surface area contributed by atoms with Gasteiger partial charge in [-0.05, 0) is 99.8 Å². The van der Waals surface area contributed by atoms with Crippen LogP contribution in [-0.4, -0.2) is 16.3 Å². The summed E-state index contributed by atoms with van der Waals surface area (Å²) in [5.74, 6) is 0.809. The van der Waals surface area contributed by atoms with Crippen LogP contribution < -0.4 is 0 Å². The first-order valence-electron chi connectivity index (χ1n) is 7.88. The number of rotatable bonds is 3. The van der Waals surface area contributed by atoms with Crippen LogP contribution >= 0.6 is 61.1 Å². The fourth-order valence-corrected chi connectivity index (χ4v) is 4.69. The quantitative estimate of drug-likeness (QED) is 0.195. The van der Waals surface area contributed by atoms with Crippen molar-refractivity contribution in [3.63, 3.8) is 0 Å². The second-order valence-corrected chi connectivity index (χ2v) is 9.09. The second-order valence-electron chi connectivity index (χ2n) is 5.76. The van der Waals surface area contributed by atoms with Crippen LogP contribution in [-0.2, 0) is 0 Å². The van der Waals surface area contributed by atoms with Gasteiger partial charge in [-0.1, -0.05) is 15.9 Å². The zero-order chi connectivity index (χ0) is 19.0. The Hall–Kier alpha value is -1.46. The minimum absolute atomic E-state index is 0.236. The van der Waals surface area contributed by atoms with Gasteiger partial charge < -0.3 is 9.52 Å². The second kappa shape index (κ2) is 7.88. The van der Waals surface area contributed by atoms with E-state index in [1.54, 1.807) is 6.21 Å². The number of oxazole rings is 1. The van der Waals surface area contributed by atoms with Gasteiger partial charge in [0.25, 0.3) is 0 Å². The molecule has 1 N–H and O–H groups in total. The zero-order valence-corrected chi connectivity index (χ0v) is 19.6. The Labute approximate surface area is 191 Å². The average molecular weight is 645 g/mol. The van der Waals surface area contributed by atoms with E-state index in [1.807, 2.05) is 54.6 Å². The number of hydrogen-bond acceptors (Lipinski definition) is 4. The van der Waals surface area contributed by atoms with E-state index >= 15 is 0 Å². The van der Waals surface area contributed by atoms with Crippen molar-refractivity contribution in [2.45, 2.75) is 0 Å². The van der Waals surface area contributed by atoms with Crippen LogP contribution in [0.3, 0.4) is 0 Å². The third-order valence-electron chi connectivity index (χ3n) is 3.87. The smallest absolute Gasteiger partial charge is 0.227 e. The maximum absolute atomic E-state index is 10.2. The number of nitrogens with zero attached hydrogens (tertiary/aromatic N) is 2. The van der Waals surface area contributed by atoms with Crippen molar-refractivity contribution in [1.29, 1.82) is 0 Å². The van der Waals surface area contributed by atoms with Gasteiger partial charge >= 0.3 is 0 Å². The molecule has 0 saturated carbocycles. The number of halogens is 3. The summed E-state index contributed by atoms with van der Waals surface area (Å²) in [4.78, 5) is 9.05. The summed E-state index contributed by atoms with van der Waals surface area (Å²) < 4.78 is 8.69. The molecule has 7 heteroatoms. The molecule has 0 aliphatic carbocycles. The average Bonchev–Trinajstić information content (AvgIpc) is 3.07. The fourth-order valence-electron chi connectivity index (χ4n) is 2.54.